The molecule has 8 unspecified atom stereocenters. The molecule has 0 aromatic rings. The summed E-state index contributed by atoms with van der Waals surface area (Å²) in [5, 5.41) is 22.0. The van der Waals surface area contributed by atoms with E-state index in [0.717, 1.165) is 32.1 Å². The molecule has 0 radical (unpaired) electrons. The SMILES string of the molecule is CC1(O)CCC2CC3OC3(C)CCC3OC3(C)C(O)CC1C2(C)C. The monoisotopic (exact) mass is 338 g/mol. The van der Waals surface area contributed by atoms with Crippen molar-refractivity contribution in [3.63, 3.8) is 0 Å². The van der Waals surface area contributed by atoms with E-state index in [1.807, 2.05) is 13.8 Å². The van der Waals surface area contributed by atoms with Crippen LogP contribution < -0.4 is 0 Å². The van der Waals surface area contributed by atoms with E-state index >= 15 is 0 Å². The predicted molar refractivity (Wildman–Crippen MR) is 91.6 cm³/mol. The molecule has 0 spiro atoms. The highest BCUT2D eigenvalue weighted by atomic mass is 16.6. The molecule has 4 heteroatoms. The van der Waals surface area contributed by atoms with Gasteiger partial charge in [-0.3, -0.25) is 0 Å². The largest absolute Gasteiger partial charge is 0.390 e. The molecule has 138 valence electrons. The minimum atomic E-state index is -0.723. The highest BCUT2D eigenvalue weighted by Gasteiger charge is 2.63. The van der Waals surface area contributed by atoms with E-state index < -0.39 is 17.3 Å². The first-order valence-corrected chi connectivity index (χ1v) is 9.75. The first-order valence-electron chi connectivity index (χ1n) is 9.75. The summed E-state index contributed by atoms with van der Waals surface area (Å²) in [6, 6.07) is 0. The van der Waals surface area contributed by atoms with Crippen LogP contribution in [0.4, 0.5) is 0 Å². The molecule has 4 aliphatic rings. The maximum atomic E-state index is 11.1. The van der Waals surface area contributed by atoms with Gasteiger partial charge in [-0.1, -0.05) is 13.8 Å². The van der Waals surface area contributed by atoms with Crippen LogP contribution in [0, 0.1) is 17.3 Å². The van der Waals surface area contributed by atoms with Gasteiger partial charge in [0.15, 0.2) is 0 Å². The summed E-state index contributed by atoms with van der Waals surface area (Å²) < 4.78 is 12.0. The van der Waals surface area contributed by atoms with Crippen LogP contribution in [-0.2, 0) is 9.47 Å². The average Bonchev–Trinajstić information content (AvgIpc) is 3.33. The third-order valence-corrected chi connectivity index (χ3v) is 8.24. The van der Waals surface area contributed by atoms with Crippen LogP contribution in [0.2, 0.25) is 0 Å². The summed E-state index contributed by atoms with van der Waals surface area (Å²) in [4.78, 5) is 0. The normalized spacial score (nSPS) is 59.4. The van der Waals surface area contributed by atoms with Crippen molar-refractivity contribution >= 4 is 0 Å². The number of aliphatic hydroxyl groups is 2. The fourth-order valence-electron chi connectivity index (χ4n) is 5.93. The van der Waals surface area contributed by atoms with Gasteiger partial charge < -0.3 is 19.7 Å². The van der Waals surface area contributed by atoms with Crippen molar-refractivity contribution in [1.29, 1.82) is 0 Å². The Morgan fingerprint density at radius 2 is 1.58 bits per heavy atom. The second-order valence-corrected chi connectivity index (χ2v) is 10.2. The Balaban J connectivity index is 1.66. The Morgan fingerprint density at radius 3 is 2.29 bits per heavy atom. The fourth-order valence-corrected chi connectivity index (χ4v) is 5.93. The smallest absolute Gasteiger partial charge is 0.118 e. The Labute approximate surface area is 145 Å². The molecule has 2 saturated heterocycles. The zero-order chi connectivity index (χ0) is 17.5. The van der Waals surface area contributed by atoms with Crippen LogP contribution in [0.25, 0.3) is 0 Å². The van der Waals surface area contributed by atoms with Gasteiger partial charge in [-0.15, -0.1) is 0 Å². The van der Waals surface area contributed by atoms with Gasteiger partial charge in [0.2, 0.25) is 0 Å². The molecule has 2 aliphatic carbocycles. The molecule has 0 aromatic heterocycles. The molecule has 2 aliphatic heterocycles. The molecule has 8 atom stereocenters. The molecular weight excluding hydrogens is 304 g/mol. The van der Waals surface area contributed by atoms with E-state index in [4.69, 9.17) is 9.47 Å². The lowest BCUT2D eigenvalue weighted by Crippen LogP contribution is -2.53. The summed E-state index contributed by atoms with van der Waals surface area (Å²) in [6.45, 7) is 10.8. The molecule has 2 N–H and O–H groups in total. The van der Waals surface area contributed by atoms with E-state index in [-0.39, 0.29) is 23.0 Å². The highest BCUT2D eigenvalue weighted by molar-refractivity contribution is 5.12. The van der Waals surface area contributed by atoms with Crippen molar-refractivity contribution in [1.82, 2.24) is 0 Å². The Hall–Kier alpha value is -0.160. The van der Waals surface area contributed by atoms with Crippen LogP contribution in [0.1, 0.15) is 73.1 Å². The zero-order valence-electron chi connectivity index (χ0n) is 15.8. The highest BCUT2D eigenvalue weighted by Crippen LogP contribution is 2.58. The molecule has 2 bridgehead atoms. The second-order valence-electron chi connectivity index (χ2n) is 10.2. The number of ether oxygens (including phenoxy) is 2. The summed E-state index contributed by atoms with van der Waals surface area (Å²) in [5.41, 5.74) is -1.20. The molecule has 4 rings (SSSR count). The third kappa shape index (κ3) is 2.48. The second kappa shape index (κ2) is 4.97. The standard InChI is InChI=1S/C20H34O4/c1-17(2)12-6-8-18(3,22)13(17)11-14(21)20(5)15(24-20)7-9-19(4)16(10-12)23-19/h12-16,21-22H,6-11H2,1-5H3. The van der Waals surface area contributed by atoms with Gasteiger partial charge in [-0.2, -0.15) is 0 Å². The topological polar surface area (TPSA) is 65.5 Å². The predicted octanol–water partition coefficient (Wildman–Crippen LogP) is 3.04. The van der Waals surface area contributed by atoms with Crippen molar-refractivity contribution < 1.29 is 19.7 Å². The lowest BCUT2D eigenvalue weighted by molar-refractivity contribution is -0.136. The van der Waals surface area contributed by atoms with Crippen molar-refractivity contribution in [2.75, 3.05) is 0 Å². The zero-order valence-corrected chi connectivity index (χ0v) is 15.8. The summed E-state index contributed by atoms with van der Waals surface area (Å²) in [6.07, 6.45) is 5.47. The molecule has 24 heavy (non-hydrogen) atoms. The molecule has 2 saturated carbocycles. The van der Waals surface area contributed by atoms with Crippen LogP contribution >= 0.6 is 0 Å². The van der Waals surface area contributed by atoms with E-state index in [1.165, 1.54) is 0 Å². The average molecular weight is 338 g/mol. The number of aliphatic hydroxyl groups excluding tert-OH is 1. The van der Waals surface area contributed by atoms with Crippen molar-refractivity contribution in [3.8, 4) is 0 Å². The van der Waals surface area contributed by atoms with Gasteiger partial charge >= 0.3 is 0 Å². The Kier molecular flexibility index (Phi) is 3.57. The first kappa shape index (κ1) is 17.3. The van der Waals surface area contributed by atoms with Gasteiger partial charge in [-0.25, -0.2) is 0 Å². The third-order valence-electron chi connectivity index (χ3n) is 8.24. The van der Waals surface area contributed by atoms with Gasteiger partial charge in [-0.05, 0) is 76.5 Å². The molecular formula is C20H34O4. The maximum Gasteiger partial charge on any atom is 0.118 e. The molecule has 2 heterocycles. The number of hydrogen-bond donors (Lipinski definition) is 2. The lowest BCUT2D eigenvalue weighted by Gasteiger charge is -2.53. The first-order chi connectivity index (χ1) is 11.0. The minimum Gasteiger partial charge on any atom is -0.390 e. The summed E-state index contributed by atoms with van der Waals surface area (Å²) in [5.74, 6) is 0.606. The Bertz CT molecular complexity index is 530. The number of hydrogen-bond acceptors (Lipinski definition) is 4. The van der Waals surface area contributed by atoms with Crippen molar-refractivity contribution in [2.45, 2.75) is 108 Å². The fraction of sp³-hybridized carbons (Fsp3) is 1.00. The Morgan fingerprint density at radius 1 is 0.875 bits per heavy atom. The summed E-state index contributed by atoms with van der Waals surface area (Å²) >= 11 is 0. The van der Waals surface area contributed by atoms with Gasteiger partial charge in [0.1, 0.15) is 5.60 Å². The van der Waals surface area contributed by atoms with Crippen LogP contribution in [0.3, 0.4) is 0 Å². The van der Waals surface area contributed by atoms with Crippen LogP contribution in [-0.4, -0.2) is 45.3 Å². The van der Waals surface area contributed by atoms with Gasteiger partial charge in [0.05, 0.1) is 29.5 Å². The maximum absolute atomic E-state index is 11.1. The quantitative estimate of drug-likeness (QED) is 0.666. The number of fused-ring (bicyclic) bond motifs is 4. The number of rotatable bonds is 0. The van der Waals surface area contributed by atoms with Gasteiger partial charge in [0.25, 0.3) is 0 Å². The van der Waals surface area contributed by atoms with Crippen molar-refractivity contribution in [3.05, 3.63) is 0 Å². The minimum absolute atomic E-state index is 0.0114. The van der Waals surface area contributed by atoms with E-state index in [1.54, 1.807) is 0 Å². The molecule has 0 aromatic carbocycles. The van der Waals surface area contributed by atoms with Crippen LogP contribution in [0.5, 0.6) is 0 Å². The van der Waals surface area contributed by atoms with E-state index in [0.29, 0.717) is 18.4 Å². The summed E-state index contributed by atoms with van der Waals surface area (Å²) in [7, 11) is 0. The molecule has 4 fully saturated rings. The van der Waals surface area contributed by atoms with E-state index in [9.17, 15) is 10.2 Å². The van der Waals surface area contributed by atoms with Gasteiger partial charge in [0, 0.05) is 0 Å². The van der Waals surface area contributed by atoms with Crippen LogP contribution in [0.15, 0.2) is 0 Å². The number of epoxide rings is 2. The lowest BCUT2D eigenvalue weighted by atomic mass is 9.54. The van der Waals surface area contributed by atoms with E-state index in [2.05, 4.69) is 20.8 Å². The molecule has 0 amide bonds. The van der Waals surface area contributed by atoms with Crippen molar-refractivity contribution in [2.24, 2.45) is 17.3 Å². The molecule has 4 nitrogen and oxygen atoms in total.